The summed E-state index contributed by atoms with van der Waals surface area (Å²) in [5.41, 5.74) is 6.09. The summed E-state index contributed by atoms with van der Waals surface area (Å²) in [4.78, 5) is 27.5. The number of urea groups is 1. The largest absolute Gasteiger partial charge is 0.348 e. The van der Waals surface area contributed by atoms with Crippen LogP contribution in [0.25, 0.3) is 0 Å². The second-order valence-electron chi connectivity index (χ2n) is 9.06. The molecule has 1 fully saturated rings. The maximum absolute atomic E-state index is 12.9. The summed E-state index contributed by atoms with van der Waals surface area (Å²) >= 11 is 0. The fourth-order valence-electron chi connectivity index (χ4n) is 4.50. The van der Waals surface area contributed by atoms with Crippen molar-refractivity contribution in [2.24, 2.45) is 0 Å². The number of aryl methyl sites for hydroxylation is 2. The number of likely N-dealkylation sites (tertiary alicyclic amines) is 1. The molecule has 3 aromatic carbocycles. The Morgan fingerprint density at radius 2 is 1.76 bits per heavy atom. The maximum Gasteiger partial charge on any atom is 0.321 e. The normalized spacial score (nSPS) is 15.6. The molecule has 1 heterocycles. The lowest BCUT2D eigenvalue weighted by Crippen LogP contribution is -2.41. The van der Waals surface area contributed by atoms with Gasteiger partial charge in [0, 0.05) is 36.8 Å². The predicted octanol–water partition coefficient (Wildman–Crippen LogP) is 5.90. The Hall–Kier alpha value is -3.60. The van der Waals surface area contributed by atoms with Gasteiger partial charge in [0.2, 0.25) is 0 Å². The van der Waals surface area contributed by atoms with Gasteiger partial charge in [0.25, 0.3) is 5.91 Å². The van der Waals surface area contributed by atoms with E-state index in [0.717, 1.165) is 42.6 Å². The third kappa shape index (κ3) is 6.04. The number of hydrogen-bond donors (Lipinski definition) is 2. The van der Waals surface area contributed by atoms with Gasteiger partial charge in [0.15, 0.2) is 0 Å². The van der Waals surface area contributed by atoms with Gasteiger partial charge in [-0.05, 0) is 67.1 Å². The lowest BCUT2D eigenvalue weighted by Gasteiger charge is -2.33. The number of nitrogens with one attached hydrogen (secondary N) is 2. The number of anilines is 1. The van der Waals surface area contributed by atoms with Gasteiger partial charge in [-0.25, -0.2) is 4.79 Å². The molecule has 1 atom stereocenters. The van der Waals surface area contributed by atoms with E-state index in [4.69, 9.17) is 0 Å². The molecule has 1 aliphatic rings. The Kier molecular flexibility index (Phi) is 7.63. The van der Waals surface area contributed by atoms with Gasteiger partial charge >= 0.3 is 6.03 Å². The van der Waals surface area contributed by atoms with Crippen LogP contribution < -0.4 is 10.6 Å². The standard InChI is InChI=1S/C29H33N3O2/c1-3-22-12-14-27(15-13-22)31-29(34)32-16-6-11-26(20-32)24-9-5-10-25(18-24)28(33)30-19-23-8-4-7-21(2)17-23/h4-5,7-10,12-15,17-18,26H,3,6,11,16,19-20H2,1-2H3,(H,30,33)(H,31,34)/t26-/m1/s1. The van der Waals surface area contributed by atoms with Crippen LogP contribution in [0.3, 0.4) is 0 Å². The minimum absolute atomic E-state index is 0.0685. The van der Waals surface area contributed by atoms with E-state index in [-0.39, 0.29) is 17.9 Å². The maximum atomic E-state index is 12.9. The minimum Gasteiger partial charge on any atom is -0.348 e. The molecular weight excluding hydrogens is 422 g/mol. The smallest absolute Gasteiger partial charge is 0.321 e. The molecule has 0 bridgehead atoms. The van der Waals surface area contributed by atoms with E-state index >= 15 is 0 Å². The molecule has 1 aliphatic heterocycles. The van der Waals surface area contributed by atoms with E-state index in [1.165, 1.54) is 11.1 Å². The Bertz CT molecular complexity index is 1140. The first-order valence-corrected chi connectivity index (χ1v) is 12.1. The van der Waals surface area contributed by atoms with Crippen LogP contribution in [-0.2, 0) is 13.0 Å². The summed E-state index contributed by atoms with van der Waals surface area (Å²) in [7, 11) is 0. The molecule has 176 valence electrons. The van der Waals surface area contributed by atoms with E-state index in [2.05, 4.69) is 29.7 Å². The highest BCUT2D eigenvalue weighted by molar-refractivity contribution is 5.94. The molecule has 5 nitrogen and oxygen atoms in total. The Balaban J connectivity index is 1.37. The molecule has 4 rings (SSSR count). The fraction of sp³-hybridized carbons (Fsp3) is 0.310. The zero-order valence-corrected chi connectivity index (χ0v) is 20.0. The number of carbonyl (C=O) groups excluding carboxylic acids is 2. The minimum atomic E-state index is -0.0794. The Labute approximate surface area is 202 Å². The highest BCUT2D eigenvalue weighted by atomic mass is 16.2. The lowest BCUT2D eigenvalue weighted by molar-refractivity contribution is 0.0950. The van der Waals surface area contributed by atoms with Crippen LogP contribution >= 0.6 is 0 Å². The van der Waals surface area contributed by atoms with Crippen molar-refractivity contribution in [2.45, 2.75) is 45.6 Å². The second-order valence-corrected chi connectivity index (χ2v) is 9.06. The van der Waals surface area contributed by atoms with Crippen molar-refractivity contribution in [3.05, 3.63) is 101 Å². The molecule has 1 saturated heterocycles. The topological polar surface area (TPSA) is 61.4 Å². The highest BCUT2D eigenvalue weighted by Crippen LogP contribution is 2.28. The lowest BCUT2D eigenvalue weighted by atomic mass is 9.89. The van der Waals surface area contributed by atoms with Crippen molar-refractivity contribution in [1.29, 1.82) is 0 Å². The van der Waals surface area contributed by atoms with Gasteiger partial charge in [-0.2, -0.15) is 0 Å². The van der Waals surface area contributed by atoms with Gasteiger partial charge in [0.1, 0.15) is 0 Å². The zero-order valence-electron chi connectivity index (χ0n) is 20.0. The number of carbonyl (C=O) groups is 2. The van der Waals surface area contributed by atoms with E-state index in [1.54, 1.807) is 0 Å². The van der Waals surface area contributed by atoms with Crippen LogP contribution in [-0.4, -0.2) is 29.9 Å². The number of hydrogen-bond acceptors (Lipinski definition) is 2. The van der Waals surface area contributed by atoms with Crippen molar-refractivity contribution in [2.75, 3.05) is 18.4 Å². The van der Waals surface area contributed by atoms with Gasteiger partial charge < -0.3 is 15.5 Å². The van der Waals surface area contributed by atoms with Crippen LogP contribution in [0.15, 0.2) is 72.8 Å². The van der Waals surface area contributed by atoms with Gasteiger partial charge in [-0.15, -0.1) is 0 Å². The van der Waals surface area contributed by atoms with E-state index in [1.807, 2.05) is 72.5 Å². The van der Waals surface area contributed by atoms with Crippen LogP contribution in [0, 0.1) is 6.92 Å². The number of nitrogens with zero attached hydrogens (tertiary/aromatic N) is 1. The van der Waals surface area contributed by atoms with Crippen molar-refractivity contribution in [3.8, 4) is 0 Å². The fourth-order valence-corrected chi connectivity index (χ4v) is 4.50. The molecule has 34 heavy (non-hydrogen) atoms. The summed E-state index contributed by atoms with van der Waals surface area (Å²) in [5.74, 6) is 0.135. The van der Waals surface area contributed by atoms with Crippen LogP contribution in [0.4, 0.5) is 10.5 Å². The molecule has 0 saturated carbocycles. The second kappa shape index (κ2) is 11.0. The monoisotopic (exact) mass is 455 g/mol. The SMILES string of the molecule is CCc1ccc(NC(=O)N2CCC[C@@H](c3cccc(C(=O)NCc4cccc(C)c4)c3)C2)cc1. The highest BCUT2D eigenvalue weighted by Gasteiger charge is 2.25. The first kappa shape index (κ1) is 23.6. The molecule has 0 aromatic heterocycles. The molecule has 0 spiro atoms. The summed E-state index contributed by atoms with van der Waals surface area (Å²) in [6, 6.07) is 23.9. The molecule has 0 aliphatic carbocycles. The zero-order chi connectivity index (χ0) is 23.9. The first-order valence-electron chi connectivity index (χ1n) is 12.1. The van der Waals surface area contributed by atoms with Crippen LogP contribution in [0.1, 0.15) is 58.3 Å². The third-order valence-electron chi connectivity index (χ3n) is 6.48. The van der Waals surface area contributed by atoms with Crippen molar-refractivity contribution < 1.29 is 9.59 Å². The molecule has 0 unspecified atom stereocenters. The molecular formula is C29H33N3O2. The van der Waals surface area contributed by atoms with Crippen LogP contribution in [0.5, 0.6) is 0 Å². The van der Waals surface area contributed by atoms with Gasteiger partial charge in [0.05, 0.1) is 0 Å². The third-order valence-corrected chi connectivity index (χ3v) is 6.48. The summed E-state index contributed by atoms with van der Waals surface area (Å²) in [6.07, 6.45) is 2.92. The average molecular weight is 456 g/mol. The van der Waals surface area contributed by atoms with Crippen molar-refractivity contribution >= 4 is 17.6 Å². The van der Waals surface area contributed by atoms with E-state index in [9.17, 15) is 9.59 Å². The summed E-state index contributed by atoms with van der Waals surface area (Å²) < 4.78 is 0. The molecule has 0 radical (unpaired) electrons. The van der Waals surface area contributed by atoms with Crippen molar-refractivity contribution in [1.82, 2.24) is 10.2 Å². The first-order chi connectivity index (χ1) is 16.5. The van der Waals surface area contributed by atoms with Gasteiger partial charge in [-0.1, -0.05) is 61.0 Å². The number of benzene rings is 3. The van der Waals surface area contributed by atoms with Gasteiger partial charge in [-0.3, -0.25) is 4.79 Å². The van der Waals surface area contributed by atoms with E-state index in [0.29, 0.717) is 18.7 Å². The summed E-state index contributed by atoms with van der Waals surface area (Å²) in [5, 5.41) is 6.05. The molecule has 3 amide bonds. The number of piperidine rings is 1. The number of amides is 3. The average Bonchev–Trinajstić information content (AvgIpc) is 2.88. The van der Waals surface area contributed by atoms with E-state index < -0.39 is 0 Å². The number of rotatable bonds is 6. The molecule has 2 N–H and O–H groups in total. The Morgan fingerprint density at radius 1 is 0.971 bits per heavy atom. The molecule has 5 heteroatoms. The molecule has 3 aromatic rings. The summed E-state index contributed by atoms with van der Waals surface area (Å²) in [6.45, 7) is 6.05. The predicted molar refractivity (Wildman–Crippen MR) is 137 cm³/mol. The van der Waals surface area contributed by atoms with Crippen LogP contribution in [0.2, 0.25) is 0 Å². The Morgan fingerprint density at radius 3 is 2.53 bits per heavy atom. The quantitative estimate of drug-likeness (QED) is 0.486. The van der Waals surface area contributed by atoms with Crippen molar-refractivity contribution in [3.63, 3.8) is 0 Å².